The van der Waals surface area contributed by atoms with E-state index in [2.05, 4.69) is 10.6 Å². The van der Waals surface area contributed by atoms with Crippen molar-refractivity contribution < 1.29 is 9.59 Å². The van der Waals surface area contributed by atoms with Crippen molar-refractivity contribution in [2.45, 2.75) is 32.1 Å². The van der Waals surface area contributed by atoms with E-state index < -0.39 is 0 Å². The topological polar surface area (TPSA) is 58.2 Å². The molecule has 0 saturated carbocycles. The van der Waals surface area contributed by atoms with Gasteiger partial charge >= 0.3 is 0 Å². The molecule has 6 heteroatoms. The Morgan fingerprint density at radius 1 is 1.17 bits per heavy atom. The van der Waals surface area contributed by atoms with Gasteiger partial charge in [-0.1, -0.05) is 23.7 Å². The zero-order chi connectivity index (χ0) is 17.1. The first-order chi connectivity index (χ1) is 11.6. The third kappa shape index (κ3) is 3.62. The number of halogens is 1. The van der Waals surface area contributed by atoms with Gasteiger partial charge in [0.1, 0.15) is 5.00 Å². The van der Waals surface area contributed by atoms with Crippen LogP contribution in [0.25, 0.3) is 0 Å². The Bertz CT molecular complexity index is 768. The summed E-state index contributed by atoms with van der Waals surface area (Å²) in [6.07, 6.45) is 4.37. The first-order valence-corrected chi connectivity index (χ1v) is 9.19. The number of aryl methyl sites for hydroxylation is 1. The average Bonchev–Trinajstić information content (AvgIpc) is 2.94. The summed E-state index contributed by atoms with van der Waals surface area (Å²) >= 11 is 7.40. The third-order valence-corrected chi connectivity index (χ3v) is 5.62. The van der Waals surface area contributed by atoms with Gasteiger partial charge < -0.3 is 10.6 Å². The maximum absolute atomic E-state index is 12.4. The molecule has 3 rings (SSSR count). The fourth-order valence-electron chi connectivity index (χ4n) is 2.98. The highest BCUT2D eigenvalue weighted by Crippen LogP contribution is 2.38. The molecule has 1 aromatic heterocycles. The first-order valence-electron chi connectivity index (χ1n) is 7.99. The highest BCUT2D eigenvalue weighted by Gasteiger charge is 2.25. The number of nitrogens with one attached hydrogen (secondary N) is 2. The highest BCUT2D eigenvalue weighted by atomic mass is 35.5. The molecule has 2 amide bonds. The molecule has 0 saturated heterocycles. The van der Waals surface area contributed by atoms with Crippen molar-refractivity contribution in [3.8, 4) is 0 Å². The molecule has 0 spiro atoms. The van der Waals surface area contributed by atoms with Crippen molar-refractivity contribution in [1.82, 2.24) is 5.32 Å². The average molecular weight is 363 g/mol. The van der Waals surface area contributed by atoms with Crippen LogP contribution in [0.1, 0.15) is 39.2 Å². The van der Waals surface area contributed by atoms with Gasteiger partial charge in [0.05, 0.1) is 12.0 Å². The lowest BCUT2D eigenvalue weighted by Crippen LogP contribution is -2.22. The van der Waals surface area contributed by atoms with Crippen LogP contribution in [0.5, 0.6) is 0 Å². The summed E-state index contributed by atoms with van der Waals surface area (Å²) in [5.74, 6) is -0.253. The first kappa shape index (κ1) is 17.0. The molecular formula is C18H19ClN2O2S. The Hall–Kier alpha value is -1.85. The fourth-order valence-corrected chi connectivity index (χ4v) is 4.41. The second-order valence-corrected chi connectivity index (χ2v) is 7.39. The molecular weight excluding hydrogens is 344 g/mol. The van der Waals surface area contributed by atoms with E-state index in [1.165, 1.54) is 16.2 Å². The van der Waals surface area contributed by atoms with Crippen molar-refractivity contribution in [1.29, 1.82) is 0 Å². The van der Waals surface area contributed by atoms with E-state index in [1.807, 2.05) is 12.1 Å². The molecule has 126 valence electrons. The van der Waals surface area contributed by atoms with E-state index in [0.717, 1.165) is 36.8 Å². The van der Waals surface area contributed by atoms with Gasteiger partial charge in [-0.05, 0) is 48.9 Å². The summed E-state index contributed by atoms with van der Waals surface area (Å²) in [5, 5.41) is 6.93. The summed E-state index contributed by atoms with van der Waals surface area (Å²) in [5.41, 5.74) is 2.63. The minimum absolute atomic E-state index is 0.124. The number of carbonyl (C=O) groups excluding carboxylic acids is 2. The zero-order valence-corrected chi connectivity index (χ0v) is 15.0. The second kappa shape index (κ2) is 7.36. The minimum atomic E-state index is -0.129. The van der Waals surface area contributed by atoms with Gasteiger partial charge in [-0.3, -0.25) is 9.59 Å². The SMILES string of the molecule is CNC(=O)c1c(NC(=O)Cc2ccc(Cl)cc2)sc2c1CCCC2. The summed E-state index contributed by atoms with van der Waals surface area (Å²) in [6, 6.07) is 7.20. The van der Waals surface area contributed by atoms with Gasteiger partial charge in [0.25, 0.3) is 5.91 Å². The number of hydrogen-bond acceptors (Lipinski definition) is 3. The molecule has 2 aromatic rings. The third-order valence-electron chi connectivity index (χ3n) is 4.16. The summed E-state index contributed by atoms with van der Waals surface area (Å²) in [4.78, 5) is 25.9. The fraction of sp³-hybridized carbons (Fsp3) is 0.333. The summed E-state index contributed by atoms with van der Waals surface area (Å²) < 4.78 is 0. The maximum atomic E-state index is 12.4. The van der Waals surface area contributed by atoms with Gasteiger partial charge in [-0.15, -0.1) is 11.3 Å². The van der Waals surface area contributed by atoms with Crippen molar-refractivity contribution >= 4 is 39.8 Å². The molecule has 0 atom stereocenters. The normalized spacial score (nSPS) is 13.2. The Labute approximate surface area is 150 Å². The largest absolute Gasteiger partial charge is 0.355 e. The van der Waals surface area contributed by atoms with Crippen LogP contribution in [-0.4, -0.2) is 18.9 Å². The van der Waals surface area contributed by atoms with Crippen molar-refractivity contribution in [2.75, 3.05) is 12.4 Å². The monoisotopic (exact) mass is 362 g/mol. The maximum Gasteiger partial charge on any atom is 0.254 e. The number of hydrogen-bond donors (Lipinski definition) is 2. The van der Waals surface area contributed by atoms with Crippen LogP contribution in [0, 0.1) is 0 Å². The van der Waals surface area contributed by atoms with Crippen LogP contribution in [0.4, 0.5) is 5.00 Å². The van der Waals surface area contributed by atoms with E-state index in [4.69, 9.17) is 11.6 Å². The van der Waals surface area contributed by atoms with Crippen LogP contribution in [-0.2, 0) is 24.1 Å². The molecule has 0 bridgehead atoms. The highest BCUT2D eigenvalue weighted by molar-refractivity contribution is 7.17. The Morgan fingerprint density at radius 2 is 1.88 bits per heavy atom. The van der Waals surface area contributed by atoms with E-state index in [1.54, 1.807) is 19.2 Å². The lowest BCUT2D eigenvalue weighted by molar-refractivity contribution is -0.115. The predicted molar refractivity (Wildman–Crippen MR) is 98.1 cm³/mol. The van der Waals surface area contributed by atoms with Crippen LogP contribution >= 0.6 is 22.9 Å². The molecule has 1 aromatic carbocycles. The van der Waals surface area contributed by atoms with Gasteiger partial charge in [0.15, 0.2) is 0 Å². The molecule has 4 nitrogen and oxygen atoms in total. The minimum Gasteiger partial charge on any atom is -0.355 e. The quantitative estimate of drug-likeness (QED) is 0.868. The number of benzene rings is 1. The van der Waals surface area contributed by atoms with Gasteiger partial charge in [0, 0.05) is 16.9 Å². The summed E-state index contributed by atoms with van der Waals surface area (Å²) in [6.45, 7) is 0. The lowest BCUT2D eigenvalue weighted by Gasteiger charge is -2.12. The number of anilines is 1. The number of rotatable bonds is 4. The van der Waals surface area contributed by atoms with E-state index in [0.29, 0.717) is 15.6 Å². The Morgan fingerprint density at radius 3 is 2.58 bits per heavy atom. The standard InChI is InChI=1S/C18H19ClN2O2S/c1-20-17(23)16-13-4-2-3-5-14(13)24-18(16)21-15(22)10-11-6-8-12(19)9-7-11/h6-9H,2-5,10H2,1H3,(H,20,23)(H,21,22). The van der Waals surface area contributed by atoms with Crippen molar-refractivity contribution in [3.05, 3.63) is 50.9 Å². The molecule has 0 unspecified atom stereocenters. The van der Waals surface area contributed by atoms with E-state index >= 15 is 0 Å². The number of fused-ring (bicyclic) bond motifs is 1. The van der Waals surface area contributed by atoms with Crippen LogP contribution in [0.2, 0.25) is 5.02 Å². The molecule has 2 N–H and O–H groups in total. The smallest absolute Gasteiger partial charge is 0.254 e. The predicted octanol–water partition coefficient (Wildman–Crippen LogP) is 3.82. The lowest BCUT2D eigenvalue weighted by atomic mass is 9.95. The molecule has 1 heterocycles. The van der Waals surface area contributed by atoms with Gasteiger partial charge in [-0.25, -0.2) is 0 Å². The number of thiophene rings is 1. The summed E-state index contributed by atoms with van der Waals surface area (Å²) in [7, 11) is 1.62. The van der Waals surface area contributed by atoms with E-state index in [9.17, 15) is 9.59 Å². The van der Waals surface area contributed by atoms with Crippen molar-refractivity contribution in [3.63, 3.8) is 0 Å². The molecule has 24 heavy (non-hydrogen) atoms. The van der Waals surface area contributed by atoms with Gasteiger partial charge in [0.2, 0.25) is 5.91 Å². The Kier molecular flexibility index (Phi) is 5.21. The molecule has 0 fully saturated rings. The zero-order valence-electron chi connectivity index (χ0n) is 13.4. The van der Waals surface area contributed by atoms with Crippen LogP contribution in [0.15, 0.2) is 24.3 Å². The molecule has 1 aliphatic rings. The van der Waals surface area contributed by atoms with Crippen LogP contribution < -0.4 is 10.6 Å². The van der Waals surface area contributed by atoms with Crippen LogP contribution in [0.3, 0.4) is 0 Å². The molecule has 0 radical (unpaired) electrons. The van der Waals surface area contributed by atoms with Crippen molar-refractivity contribution in [2.24, 2.45) is 0 Å². The van der Waals surface area contributed by atoms with E-state index in [-0.39, 0.29) is 18.2 Å². The second-order valence-electron chi connectivity index (χ2n) is 5.85. The Balaban J connectivity index is 1.81. The number of carbonyl (C=O) groups is 2. The molecule has 1 aliphatic carbocycles. The van der Waals surface area contributed by atoms with Gasteiger partial charge in [-0.2, -0.15) is 0 Å². The number of amides is 2. The molecule has 0 aliphatic heterocycles.